The van der Waals surface area contributed by atoms with Gasteiger partial charge in [0.15, 0.2) is 4.60 Å². The van der Waals surface area contributed by atoms with Crippen molar-refractivity contribution in [2.24, 2.45) is 7.05 Å². The zero-order chi connectivity index (χ0) is 14.2. The molecule has 104 valence electrons. The van der Waals surface area contributed by atoms with E-state index in [2.05, 4.69) is 26.2 Å². The van der Waals surface area contributed by atoms with Gasteiger partial charge in [0.2, 0.25) is 5.03 Å². The van der Waals surface area contributed by atoms with E-state index in [1.807, 2.05) is 0 Å². The lowest BCUT2D eigenvalue weighted by molar-refractivity contribution is 0.394. The van der Waals surface area contributed by atoms with Gasteiger partial charge in [0.05, 0.1) is 6.54 Å². The molecule has 0 aliphatic rings. The molecule has 19 heavy (non-hydrogen) atoms. The van der Waals surface area contributed by atoms with Crippen molar-refractivity contribution < 1.29 is 12.8 Å². The Labute approximate surface area is 119 Å². The molecule has 2 heterocycles. The highest BCUT2D eigenvalue weighted by Gasteiger charge is 2.29. The number of halogens is 1. The van der Waals surface area contributed by atoms with E-state index in [9.17, 15) is 8.42 Å². The molecule has 2 aromatic heterocycles. The van der Waals surface area contributed by atoms with Crippen LogP contribution in [0.2, 0.25) is 0 Å². The maximum Gasteiger partial charge on any atom is 0.263 e. The first kappa shape index (κ1) is 14.2. The van der Waals surface area contributed by atoms with Gasteiger partial charge in [-0.2, -0.15) is 4.31 Å². The van der Waals surface area contributed by atoms with Gasteiger partial charge in [0.25, 0.3) is 10.0 Å². The minimum atomic E-state index is -3.68. The van der Waals surface area contributed by atoms with Crippen molar-refractivity contribution in [1.29, 1.82) is 0 Å². The summed E-state index contributed by atoms with van der Waals surface area (Å²) in [6.07, 6.45) is 0. The highest BCUT2D eigenvalue weighted by Crippen LogP contribution is 2.22. The molecule has 0 aliphatic heterocycles. The van der Waals surface area contributed by atoms with Crippen molar-refractivity contribution in [3.63, 3.8) is 0 Å². The minimum absolute atomic E-state index is 0.0123. The molecule has 0 unspecified atom stereocenters. The topological polar surface area (TPSA) is 81.2 Å². The fourth-order valence-corrected chi connectivity index (χ4v) is 3.78. The zero-order valence-corrected chi connectivity index (χ0v) is 13.1. The van der Waals surface area contributed by atoms with E-state index in [4.69, 9.17) is 4.42 Å². The van der Waals surface area contributed by atoms with Crippen LogP contribution in [0, 0.1) is 6.92 Å². The van der Waals surface area contributed by atoms with Crippen LogP contribution in [-0.4, -0.2) is 34.8 Å². The Bertz CT molecular complexity index is 672. The lowest BCUT2D eigenvalue weighted by atomic mass is 10.4. The number of hydrogen-bond donors (Lipinski definition) is 0. The van der Waals surface area contributed by atoms with Gasteiger partial charge in [0, 0.05) is 14.1 Å². The van der Waals surface area contributed by atoms with Gasteiger partial charge in [-0.15, -0.1) is 5.10 Å². The largest absolute Gasteiger partial charge is 0.465 e. The van der Waals surface area contributed by atoms with Gasteiger partial charge < -0.3 is 4.42 Å². The van der Waals surface area contributed by atoms with Crippen LogP contribution in [0.15, 0.2) is 26.2 Å². The molecule has 0 fully saturated rings. The third-order valence-electron chi connectivity index (χ3n) is 2.57. The zero-order valence-electron chi connectivity index (χ0n) is 10.7. The number of rotatable bonds is 4. The lowest BCUT2D eigenvalue weighted by Crippen LogP contribution is -2.28. The van der Waals surface area contributed by atoms with Crippen LogP contribution in [0.5, 0.6) is 0 Å². The summed E-state index contributed by atoms with van der Waals surface area (Å²) in [5.74, 6) is 1.32. The van der Waals surface area contributed by atoms with Gasteiger partial charge in [-0.3, -0.25) is 0 Å². The average Bonchev–Trinajstić information content (AvgIpc) is 2.85. The van der Waals surface area contributed by atoms with E-state index in [0.29, 0.717) is 5.76 Å². The third kappa shape index (κ3) is 2.72. The summed E-state index contributed by atoms with van der Waals surface area (Å²) < 4.78 is 32.8. The van der Waals surface area contributed by atoms with E-state index in [1.54, 1.807) is 19.1 Å². The quantitative estimate of drug-likeness (QED) is 0.831. The Morgan fingerprint density at radius 3 is 2.63 bits per heavy atom. The molecule has 0 N–H and O–H groups in total. The molecule has 0 bridgehead atoms. The monoisotopic (exact) mass is 348 g/mol. The number of furan rings is 1. The van der Waals surface area contributed by atoms with Gasteiger partial charge in [-0.05, 0) is 35.0 Å². The maximum atomic E-state index is 12.4. The summed E-state index contributed by atoms with van der Waals surface area (Å²) in [5, 5.41) is 7.36. The summed E-state index contributed by atoms with van der Waals surface area (Å²) >= 11 is 3.09. The van der Waals surface area contributed by atoms with Gasteiger partial charge in [-0.25, -0.2) is 13.1 Å². The molecule has 9 heteroatoms. The van der Waals surface area contributed by atoms with Crippen LogP contribution in [0.4, 0.5) is 0 Å². The van der Waals surface area contributed by atoms with Crippen LogP contribution >= 0.6 is 15.9 Å². The number of aromatic nitrogens is 3. The lowest BCUT2D eigenvalue weighted by Gasteiger charge is -2.15. The van der Waals surface area contributed by atoms with Crippen LogP contribution in [-0.2, 0) is 23.6 Å². The van der Waals surface area contributed by atoms with Crippen LogP contribution in [0.3, 0.4) is 0 Å². The first-order valence-electron chi connectivity index (χ1n) is 5.39. The SMILES string of the molecule is Cc1ccc(CN(C)S(=O)(=O)c2c(Br)nnn2C)o1. The number of hydrogen-bond acceptors (Lipinski definition) is 5. The minimum Gasteiger partial charge on any atom is -0.465 e. The van der Waals surface area contributed by atoms with Crippen molar-refractivity contribution in [2.45, 2.75) is 18.5 Å². The Hall–Kier alpha value is -1.19. The molecule has 0 aliphatic carbocycles. The summed E-state index contributed by atoms with van der Waals surface area (Å²) in [4.78, 5) is 0. The highest BCUT2D eigenvalue weighted by atomic mass is 79.9. The molecular formula is C10H13BrN4O3S. The van der Waals surface area contributed by atoms with Crippen molar-refractivity contribution >= 4 is 26.0 Å². The van der Waals surface area contributed by atoms with Gasteiger partial charge >= 0.3 is 0 Å². The molecule has 0 atom stereocenters. The van der Waals surface area contributed by atoms with Crippen LogP contribution in [0.1, 0.15) is 11.5 Å². The van der Waals surface area contributed by atoms with E-state index in [0.717, 1.165) is 5.76 Å². The summed E-state index contributed by atoms with van der Waals surface area (Å²) in [7, 11) is -0.679. The van der Waals surface area contributed by atoms with Gasteiger partial charge in [0.1, 0.15) is 11.5 Å². The van der Waals surface area contributed by atoms with Crippen molar-refractivity contribution in [3.05, 3.63) is 28.3 Å². The van der Waals surface area contributed by atoms with Crippen LogP contribution in [0.25, 0.3) is 0 Å². The summed E-state index contributed by atoms with van der Waals surface area (Å²) in [6.45, 7) is 1.95. The summed E-state index contributed by atoms with van der Waals surface area (Å²) in [5.41, 5.74) is 0. The molecule has 0 aromatic carbocycles. The average molecular weight is 349 g/mol. The fraction of sp³-hybridized carbons (Fsp3) is 0.400. The fourth-order valence-electron chi connectivity index (χ4n) is 1.62. The molecule has 0 spiro atoms. The molecular weight excluding hydrogens is 336 g/mol. The second kappa shape index (κ2) is 5.06. The number of aryl methyl sites for hydroxylation is 2. The molecule has 7 nitrogen and oxygen atoms in total. The smallest absolute Gasteiger partial charge is 0.263 e. The van der Waals surface area contributed by atoms with E-state index in [1.165, 1.54) is 23.1 Å². The summed E-state index contributed by atoms with van der Waals surface area (Å²) in [6, 6.07) is 3.54. The highest BCUT2D eigenvalue weighted by molar-refractivity contribution is 9.10. The number of nitrogens with zero attached hydrogens (tertiary/aromatic N) is 4. The second-order valence-electron chi connectivity index (χ2n) is 4.08. The van der Waals surface area contributed by atoms with Crippen molar-refractivity contribution in [3.8, 4) is 0 Å². The second-order valence-corrected chi connectivity index (χ2v) is 6.79. The molecule has 2 aromatic rings. The standard InChI is InChI=1S/C10H13BrN4O3S/c1-7-4-5-8(18-7)6-14(2)19(16,17)10-9(11)12-13-15(10)3/h4-5H,6H2,1-3H3. The Morgan fingerprint density at radius 1 is 1.47 bits per heavy atom. The predicted octanol–water partition coefficient (Wildman–Crippen LogP) is 1.30. The number of sulfonamides is 1. The van der Waals surface area contributed by atoms with Crippen molar-refractivity contribution in [1.82, 2.24) is 19.3 Å². The van der Waals surface area contributed by atoms with E-state index < -0.39 is 10.0 Å². The Kier molecular flexibility index (Phi) is 3.79. The van der Waals surface area contributed by atoms with Gasteiger partial charge in [-0.1, -0.05) is 5.21 Å². The van der Waals surface area contributed by atoms with Crippen molar-refractivity contribution in [2.75, 3.05) is 7.05 Å². The normalized spacial score (nSPS) is 12.3. The molecule has 0 amide bonds. The first-order chi connectivity index (χ1) is 8.82. The van der Waals surface area contributed by atoms with Crippen LogP contribution < -0.4 is 0 Å². The Balaban J connectivity index is 2.30. The molecule has 0 saturated heterocycles. The third-order valence-corrected chi connectivity index (χ3v) is 5.26. The predicted molar refractivity (Wildman–Crippen MR) is 70.8 cm³/mol. The molecule has 2 rings (SSSR count). The Morgan fingerprint density at radius 2 is 2.16 bits per heavy atom. The van der Waals surface area contributed by atoms with E-state index >= 15 is 0 Å². The molecule has 0 saturated carbocycles. The van der Waals surface area contributed by atoms with E-state index in [-0.39, 0.29) is 16.2 Å². The maximum absolute atomic E-state index is 12.4. The first-order valence-corrected chi connectivity index (χ1v) is 7.62. The molecule has 0 radical (unpaired) electrons.